The minimum atomic E-state index is 0.117. The van der Waals surface area contributed by atoms with E-state index < -0.39 is 0 Å². The molecule has 1 amide bonds. The van der Waals surface area contributed by atoms with E-state index in [1.807, 2.05) is 42.2 Å². The van der Waals surface area contributed by atoms with E-state index in [9.17, 15) is 9.90 Å². The Morgan fingerprint density at radius 3 is 2.88 bits per heavy atom. The predicted molar refractivity (Wildman–Crippen MR) is 97.8 cm³/mol. The Bertz CT molecular complexity index is 729. The van der Waals surface area contributed by atoms with Crippen LogP contribution in [0.5, 0.6) is 11.5 Å². The molecule has 3 rings (SSSR count). The zero-order valence-electron chi connectivity index (χ0n) is 14.6. The summed E-state index contributed by atoms with van der Waals surface area (Å²) in [6.45, 7) is 4.23. The molecule has 1 aliphatic heterocycles. The van der Waals surface area contributed by atoms with Crippen molar-refractivity contribution in [1.82, 2.24) is 4.90 Å². The monoisotopic (exact) mass is 339 g/mol. The Hall–Kier alpha value is -2.49. The van der Waals surface area contributed by atoms with Gasteiger partial charge in [0.05, 0.1) is 13.0 Å². The van der Waals surface area contributed by atoms with Gasteiger partial charge in [0.25, 0.3) is 0 Å². The number of ether oxygens (including phenoxy) is 1. The van der Waals surface area contributed by atoms with Gasteiger partial charge in [-0.1, -0.05) is 30.3 Å². The summed E-state index contributed by atoms with van der Waals surface area (Å²) in [7, 11) is 0. The van der Waals surface area contributed by atoms with Crippen LogP contribution >= 0.6 is 0 Å². The normalized spacial score (nSPS) is 17.3. The van der Waals surface area contributed by atoms with Crippen molar-refractivity contribution in [2.24, 2.45) is 5.92 Å². The van der Waals surface area contributed by atoms with Crippen LogP contribution < -0.4 is 4.74 Å². The smallest absolute Gasteiger partial charge is 0.227 e. The van der Waals surface area contributed by atoms with Gasteiger partial charge in [0.15, 0.2) is 0 Å². The zero-order chi connectivity index (χ0) is 17.6. The molecule has 1 unspecified atom stereocenters. The maximum Gasteiger partial charge on any atom is 0.227 e. The molecule has 1 aliphatic rings. The minimum Gasteiger partial charge on any atom is -0.508 e. The number of aryl methyl sites for hydroxylation is 1. The first-order valence-corrected chi connectivity index (χ1v) is 8.86. The van der Waals surface area contributed by atoms with Crippen molar-refractivity contribution in [3.05, 3.63) is 59.7 Å². The fourth-order valence-electron chi connectivity index (χ4n) is 3.31. The summed E-state index contributed by atoms with van der Waals surface area (Å²) < 4.78 is 5.97. The molecule has 25 heavy (non-hydrogen) atoms. The largest absolute Gasteiger partial charge is 0.508 e. The van der Waals surface area contributed by atoms with Gasteiger partial charge in [-0.05, 0) is 49.1 Å². The number of hydrogen-bond donors (Lipinski definition) is 1. The second-order valence-electron chi connectivity index (χ2n) is 6.77. The third kappa shape index (κ3) is 4.75. The molecule has 0 radical (unpaired) electrons. The molecule has 0 aromatic heterocycles. The van der Waals surface area contributed by atoms with Crippen molar-refractivity contribution in [3.8, 4) is 11.5 Å². The van der Waals surface area contributed by atoms with Crippen LogP contribution in [0.15, 0.2) is 48.5 Å². The molecular formula is C21H25NO3. The van der Waals surface area contributed by atoms with Crippen LogP contribution in [0, 0.1) is 12.8 Å². The van der Waals surface area contributed by atoms with Crippen molar-refractivity contribution in [3.63, 3.8) is 0 Å². The molecule has 1 N–H and O–H groups in total. The number of amides is 1. The summed E-state index contributed by atoms with van der Waals surface area (Å²) >= 11 is 0. The molecule has 1 fully saturated rings. The van der Waals surface area contributed by atoms with Crippen molar-refractivity contribution >= 4 is 5.91 Å². The average Bonchev–Trinajstić information content (AvgIpc) is 2.61. The van der Waals surface area contributed by atoms with Gasteiger partial charge in [0, 0.05) is 19.0 Å². The van der Waals surface area contributed by atoms with E-state index in [-0.39, 0.29) is 11.7 Å². The van der Waals surface area contributed by atoms with E-state index >= 15 is 0 Å². The van der Waals surface area contributed by atoms with Gasteiger partial charge in [0.1, 0.15) is 11.5 Å². The van der Waals surface area contributed by atoms with Gasteiger partial charge < -0.3 is 14.7 Å². The summed E-state index contributed by atoms with van der Waals surface area (Å²) in [6.07, 6.45) is 2.43. The number of carbonyl (C=O) groups is 1. The highest BCUT2D eigenvalue weighted by Crippen LogP contribution is 2.22. The Labute approximate surface area is 149 Å². The first kappa shape index (κ1) is 17.3. The molecule has 2 aromatic rings. The highest BCUT2D eigenvalue weighted by molar-refractivity contribution is 5.79. The van der Waals surface area contributed by atoms with Crippen molar-refractivity contribution in [2.45, 2.75) is 26.2 Å². The fraction of sp³-hybridized carbons (Fsp3) is 0.381. The summed E-state index contributed by atoms with van der Waals surface area (Å²) in [5.41, 5.74) is 1.98. The van der Waals surface area contributed by atoms with Gasteiger partial charge in [-0.15, -0.1) is 0 Å². The highest BCUT2D eigenvalue weighted by Gasteiger charge is 2.24. The van der Waals surface area contributed by atoms with Crippen LogP contribution in [0.25, 0.3) is 0 Å². The number of phenolic OH excluding ortho intramolecular Hbond substituents is 1. The molecule has 132 valence electrons. The quantitative estimate of drug-likeness (QED) is 0.906. The molecular weight excluding hydrogens is 314 g/mol. The van der Waals surface area contributed by atoms with E-state index in [0.29, 0.717) is 18.9 Å². The van der Waals surface area contributed by atoms with E-state index in [1.54, 1.807) is 18.2 Å². The van der Waals surface area contributed by atoms with Gasteiger partial charge in [-0.25, -0.2) is 0 Å². The van der Waals surface area contributed by atoms with Crippen LogP contribution in [0.2, 0.25) is 0 Å². The number of piperidine rings is 1. The number of para-hydroxylation sites is 1. The second kappa shape index (κ2) is 8.06. The van der Waals surface area contributed by atoms with Crippen molar-refractivity contribution in [2.75, 3.05) is 19.7 Å². The SMILES string of the molecule is Cc1ccccc1OCC1CCCN(C(=O)Cc2cccc(O)c2)C1. The second-order valence-corrected chi connectivity index (χ2v) is 6.77. The molecule has 0 aliphatic carbocycles. The van der Waals surface area contributed by atoms with Gasteiger partial charge in [0.2, 0.25) is 5.91 Å². The number of likely N-dealkylation sites (tertiary alicyclic amines) is 1. The van der Waals surface area contributed by atoms with Crippen LogP contribution in [0.3, 0.4) is 0 Å². The Kier molecular flexibility index (Phi) is 5.59. The molecule has 4 heteroatoms. The summed E-state index contributed by atoms with van der Waals surface area (Å²) in [5.74, 6) is 1.60. The summed E-state index contributed by atoms with van der Waals surface area (Å²) in [6, 6.07) is 14.9. The maximum atomic E-state index is 12.6. The van der Waals surface area contributed by atoms with Crippen LogP contribution in [0.1, 0.15) is 24.0 Å². The lowest BCUT2D eigenvalue weighted by molar-refractivity contribution is -0.132. The number of hydrogen-bond acceptors (Lipinski definition) is 3. The van der Waals surface area contributed by atoms with Gasteiger partial charge in [-0.3, -0.25) is 4.79 Å². The van der Waals surface area contributed by atoms with Gasteiger partial charge in [-0.2, -0.15) is 0 Å². The lowest BCUT2D eigenvalue weighted by Crippen LogP contribution is -2.42. The number of nitrogens with zero attached hydrogens (tertiary/aromatic N) is 1. The predicted octanol–water partition coefficient (Wildman–Crippen LogP) is 3.56. The molecule has 2 aromatic carbocycles. The topological polar surface area (TPSA) is 49.8 Å². The zero-order valence-corrected chi connectivity index (χ0v) is 14.6. The number of rotatable bonds is 5. The number of phenols is 1. The highest BCUT2D eigenvalue weighted by atomic mass is 16.5. The summed E-state index contributed by atoms with van der Waals surface area (Å²) in [5, 5.41) is 9.54. The first-order chi connectivity index (χ1) is 12.1. The van der Waals surface area contributed by atoms with E-state index in [2.05, 4.69) is 0 Å². The third-order valence-corrected chi connectivity index (χ3v) is 4.71. The summed E-state index contributed by atoms with van der Waals surface area (Å²) in [4.78, 5) is 14.5. The Morgan fingerprint density at radius 2 is 2.08 bits per heavy atom. The van der Waals surface area contributed by atoms with Crippen molar-refractivity contribution in [1.29, 1.82) is 0 Å². The molecule has 4 nitrogen and oxygen atoms in total. The molecule has 0 bridgehead atoms. The molecule has 0 saturated carbocycles. The lowest BCUT2D eigenvalue weighted by Gasteiger charge is -2.33. The fourth-order valence-corrected chi connectivity index (χ4v) is 3.31. The Morgan fingerprint density at radius 1 is 1.24 bits per heavy atom. The van der Waals surface area contributed by atoms with E-state index in [1.165, 1.54) is 0 Å². The maximum absolute atomic E-state index is 12.6. The van der Waals surface area contributed by atoms with E-state index in [0.717, 1.165) is 42.8 Å². The molecule has 0 spiro atoms. The Balaban J connectivity index is 1.53. The minimum absolute atomic E-state index is 0.117. The molecule has 1 heterocycles. The van der Waals surface area contributed by atoms with E-state index in [4.69, 9.17) is 4.74 Å². The van der Waals surface area contributed by atoms with Crippen LogP contribution in [-0.2, 0) is 11.2 Å². The number of benzene rings is 2. The number of carbonyl (C=O) groups excluding carboxylic acids is 1. The molecule has 1 saturated heterocycles. The first-order valence-electron chi connectivity index (χ1n) is 8.86. The third-order valence-electron chi connectivity index (χ3n) is 4.71. The lowest BCUT2D eigenvalue weighted by atomic mass is 9.98. The van der Waals surface area contributed by atoms with Crippen molar-refractivity contribution < 1.29 is 14.6 Å². The standard InChI is InChI=1S/C21H25NO3/c1-16-6-2-3-10-20(16)25-15-18-8-5-11-22(14-18)21(24)13-17-7-4-9-19(23)12-17/h2-4,6-7,9-10,12,18,23H,5,8,11,13-15H2,1H3. The number of aromatic hydroxyl groups is 1. The average molecular weight is 339 g/mol. The molecule has 1 atom stereocenters. The van der Waals surface area contributed by atoms with Gasteiger partial charge >= 0.3 is 0 Å². The van der Waals surface area contributed by atoms with Crippen LogP contribution in [0.4, 0.5) is 0 Å². The van der Waals surface area contributed by atoms with Crippen LogP contribution in [-0.4, -0.2) is 35.6 Å².